The second-order valence-corrected chi connectivity index (χ2v) is 4.47. The summed E-state index contributed by atoms with van der Waals surface area (Å²) in [6.07, 6.45) is 1.30. The summed E-state index contributed by atoms with van der Waals surface area (Å²) in [6.45, 7) is -0.123. The van der Waals surface area contributed by atoms with E-state index in [1.54, 1.807) is 24.3 Å². The predicted molar refractivity (Wildman–Crippen MR) is 71.0 cm³/mol. The maximum Gasteiger partial charge on any atom is 0.268 e. The molecule has 1 aromatic heterocycles. The lowest BCUT2D eigenvalue weighted by Gasteiger charge is -2.12. The average Bonchev–Trinajstić information content (AvgIpc) is 3.06. The summed E-state index contributed by atoms with van der Waals surface area (Å²) in [6, 6.07) is 7.98. The van der Waals surface area contributed by atoms with E-state index in [2.05, 4.69) is 0 Å². The summed E-state index contributed by atoms with van der Waals surface area (Å²) < 4.78 is 5.18. The lowest BCUT2D eigenvalue weighted by molar-refractivity contribution is 0.0628. The van der Waals surface area contributed by atoms with Gasteiger partial charge in [0.1, 0.15) is 5.76 Å². The van der Waals surface area contributed by atoms with Crippen LogP contribution in [0.15, 0.2) is 41.0 Å². The second kappa shape index (κ2) is 4.88. The van der Waals surface area contributed by atoms with Crippen molar-refractivity contribution >= 4 is 17.7 Å². The Morgan fingerprint density at radius 2 is 1.76 bits per heavy atom. The standard InChI is InChI=1S/C14H11N3O4/c15-16-12(18)10-5-6-21-11(10)7-17-13(19)8-3-1-2-4-9(8)14(17)20/h1-6H,7,15H2,(H,16,18). The highest BCUT2D eigenvalue weighted by molar-refractivity contribution is 6.21. The molecule has 1 aromatic carbocycles. The number of amides is 3. The van der Waals surface area contributed by atoms with Crippen molar-refractivity contribution in [1.29, 1.82) is 0 Å². The molecular formula is C14H11N3O4. The van der Waals surface area contributed by atoms with Crippen LogP contribution in [-0.4, -0.2) is 22.6 Å². The largest absolute Gasteiger partial charge is 0.467 e. The molecule has 0 saturated heterocycles. The number of nitrogens with two attached hydrogens (primary N) is 1. The molecule has 0 aliphatic carbocycles. The van der Waals surface area contributed by atoms with Crippen molar-refractivity contribution in [2.45, 2.75) is 6.54 Å². The molecule has 21 heavy (non-hydrogen) atoms. The number of nitrogen functional groups attached to an aromatic ring is 1. The zero-order valence-electron chi connectivity index (χ0n) is 10.8. The molecule has 0 fully saturated rings. The van der Waals surface area contributed by atoms with Crippen LogP contribution in [0.1, 0.15) is 36.8 Å². The fraction of sp³-hybridized carbons (Fsp3) is 0.0714. The first-order valence-corrected chi connectivity index (χ1v) is 6.16. The minimum atomic E-state index is -0.546. The van der Waals surface area contributed by atoms with Crippen LogP contribution >= 0.6 is 0 Å². The number of imide groups is 1. The van der Waals surface area contributed by atoms with Crippen molar-refractivity contribution in [1.82, 2.24) is 10.3 Å². The van der Waals surface area contributed by atoms with Gasteiger partial charge in [-0.2, -0.15) is 0 Å². The van der Waals surface area contributed by atoms with Gasteiger partial charge in [0.15, 0.2) is 0 Å². The van der Waals surface area contributed by atoms with Gasteiger partial charge in [0, 0.05) is 0 Å². The van der Waals surface area contributed by atoms with Gasteiger partial charge in [-0.3, -0.25) is 24.7 Å². The van der Waals surface area contributed by atoms with Gasteiger partial charge in [0.2, 0.25) is 0 Å². The second-order valence-electron chi connectivity index (χ2n) is 4.47. The highest BCUT2D eigenvalue weighted by Gasteiger charge is 2.36. The number of hydrazine groups is 1. The molecule has 0 radical (unpaired) electrons. The van der Waals surface area contributed by atoms with Gasteiger partial charge in [-0.15, -0.1) is 0 Å². The SMILES string of the molecule is NNC(=O)c1ccoc1CN1C(=O)c2ccccc2C1=O. The van der Waals surface area contributed by atoms with Crippen LogP contribution in [0.5, 0.6) is 0 Å². The first-order chi connectivity index (χ1) is 10.1. The van der Waals surface area contributed by atoms with Crippen LogP contribution in [0.4, 0.5) is 0 Å². The van der Waals surface area contributed by atoms with E-state index in [0.29, 0.717) is 11.1 Å². The van der Waals surface area contributed by atoms with Gasteiger partial charge in [0.25, 0.3) is 17.7 Å². The van der Waals surface area contributed by atoms with E-state index in [9.17, 15) is 14.4 Å². The number of fused-ring (bicyclic) bond motifs is 1. The predicted octanol–water partition coefficient (Wildman–Crippen LogP) is 0.679. The molecule has 0 saturated carbocycles. The van der Waals surface area contributed by atoms with Crippen LogP contribution in [0, 0.1) is 0 Å². The van der Waals surface area contributed by atoms with Crippen molar-refractivity contribution in [3.63, 3.8) is 0 Å². The minimum Gasteiger partial charge on any atom is -0.467 e. The number of furan rings is 1. The van der Waals surface area contributed by atoms with E-state index in [1.807, 2.05) is 5.43 Å². The number of hydrogen-bond donors (Lipinski definition) is 2. The molecule has 7 heteroatoms. The van der Waals surface area contributed by atoms with Crippen molar-refractivity contribution in [3.05, 3.63) is 59.0 Å². The van der Waals surface area contributed by atoms with E-state index in [1.165, 1.54) is 12.3 Å². The Morgan fingerprint density at radius 3 is 2.33 bits per heavy atom. The molecule has 7 nitrogen and oxygen atoms in total. The normalized spacial score (nSPS) is 13.5. The molecule has 0 unspecified atom stereocenters. The van der Waals surface area contributed by atoms with Crippen LogP contribution in [0.3, 0.4) is 0 Å². The lowest BCUT2D eigenvalue weighted by Crippen LogP contribution is -2.33. The quantitative estimate of drug-likeness (QED) is 0.373. The Balaban J connectivity index is 1.91. The zero-order chi connectivity index (χ0) is 15.0. The number of rotatable bonds is 3. The minimum absolute atomic E-state index is 0.123. The van der Waals surface area contributed by atoms with Crippen molar-refractivity contribution in [2.24, 2.45) is 5.84 Å². The summed E-state index contributed by atoms with van der Waals surface area (Å²) >= 11 is 0. The van der Waals surface area contributed by atoms with Crippen LogP contribution in [-0.2, 0) is 6.54 Å². The van der Waals surface area contributed by atoms with E-state index in [-0.39, 0.29) is 17.9 Å². The van der Waals surface area contributed by atoms with E-state index in [0.717, 1.165) is 4.90 Å². The molecule has 0 spiro atoms. The smallest absolute Gasteiger partial charge is 0.268 e. The van der Waals surface area contributed by atoms with Crippen molar-refractivity contribution in [2.75, 3.05) is 0 Å². The van der Waals surface area contributed by atoms with Gasteiger partial charge in [-0.1, -0.05) is 12.1 Å². The molecule has 2 aromatic rings. The maximum atomic E-state index is 12.2. The average molecular weight is 285 g/mol. The number of benzene rings is 1. The highest BCUT2D eigenvalue weighted by Crippen LogP contribution is 2.25. The third kappa shape index (κ3) is 2.00. The van der Waals surface area contributed by atoms with Crippen LogP contribution in [0.2, 0.25) is 0 Å². The molecule has 0 atom stereocenters. The van der Waals surface area contributed by atoms with Gasteiger partial charge in [0.05, 0.1) is 29.5 Å². The molecule has 1 aliphatic rings. The maximum absolute atomic E-state index is 12.2. The fourth-order valence-electron chi connectivity index (χ4n) is 2.27. The third-order valence-electron chi connectivity index (χ3n) is 3.30. The number of carbonyl (C=O) groups is 3. The molecule has 1 aliphatic heterocycles. The summed E-state index contributed by atoms with van der Waals surface area (Å²) in [4.78, 5) is 37.0. The Kier molecular flexibility index (Phi) is 3.03. The first-order valence-electron chi connectivity index (χ1n) is 6.16. The van der Waals surface area contributed by atoms with Gasteiger partial charge in [-0.05, 0) is 18.2 Å². The molecule has 3 amide bonds. The molecule has 3 N–H and O–H groups in total. The van der Waals surface area contributed by atoms with Crippen LogP contribution < -0.4 is 11.3 Å². The summed E-state index contributed by atoms with van der Waals surface area (Å²) in [5.41, 5.74) is 2.87. The molecule has 3 rings (SSSR count). The topological polar surface area (TPSA) is 106 Å². The molecular weight excluding hydrogens is 274 g/mol. The highest BCUT2D eigenvalue weighted by atomic mass is 16.3. The molecule has 106 valence electrons. The van der Waals surface area contributed by atoms with E-state index >= 15 is 0 Å². The van der Waals surface area contributed by atoms with E-state index < -0.39 is 17.7 Å². The third-order valence-corrected chi connectivity index (χ3v) is 3.30. The Morgan fingerprint density at radius 1 is 1.14 bits per heavy atom. The fourth-order valence-corrected chi connectivity index (χ4v) is 2.27. The number of nitrogens with zero attached hydrogens (tertiary/aromatic N) is 1. The van der Waals surface area contributed by atoms with Gasteiger partial charge in [-0.25, -0.2) is 5.84 Å². The number of nitrogens with one attached hydrogen (secondary N) is 1. The van der Waals surface area contributed by atoms with Crippen molar-refractivity contribution in [3.8, 4) is 0 Å². The molecule has 0 bridgehead atoms. The monoisotopic (exact) mass is 285 g/mol. The molecule has 2 heterocycles. The summed E-state index contributed by atoms with van der Waals surface area (Å²) in [7, 11) is 0. The van der Waals surface area contributed by atoms with E-state index in [4.69, 9.17) is 10.3 Å². The van der Waals surface area contributed by atoms with Gasteiger partial charge < -0.3 is 4.42 Å². The number of carbonyl (C=O) groups excluding carboxylic acids is 3. The Hall–Kier alpha value is -2.93. The van der Waals surface area contributed by atoms with Crippen molar-refractivity contribution < 1.29 is 18.8 Å². The Labute approximate surface area is 119 Å². The lowest BCUT2D eigenvalue weighted by atomic mass is 10.1. The Bertz CT molecular complexity index is 715. The zero-order valence-corrected chi connectivity index (χ0v) is 10.8. The number of hydrogen-bond acceptors (Lipinski definition) is 5. The van der Waals surface area contributed by atoms with Gasteiger partial charge >= 0.3 is 0 Å². The van der Waals surface area contributed by atoms with Crippen LogP contribution in [0.25, 0.3) is 0 Å². The summed E-state index contributed by atoms with van der Waals surface area (Å²) in [5, 5.41) is 0. The summed E-state index contributed by atoms with van der Waals surface area (Å²) in [5.74, 6) is 3.91. The first kappa shape index (κ1) is 13.1.